The molecule has 0 aromatic heterocycles. The number of likely N-dealkylation sites (N-methyl/N-ethyl adjacent to an activating group) is 1. The van der Waals surface area contributed by atoms with Crippen LogP contribution >= 0.6 is 0 Å². The highest BCUT2D eigenvalue weighted by atomic mass is 16.4. The van der Waals surface area contributed by atoms with Crippen LogP contribution in [0.2, 0.25) is 0 Å². The van der Waals surface area contributed by atoms with E-state index in [4.69, 9.17) is 5.11 Å². The van der Waals surface area contributed by atoms with Gasteiger partial charge in [-0.3, -0.25) is 9.69 Å². The molecule has 2 aliphatic rings. The van der Waals surface area contributed by atoms with Crippen molar-refractivity contribution in [1.29, 1.82) is 0 Å². The van der Waals surface area contributed by atoms with E-state index in [0.29, 0.717) is 24.9 Å². The molecule has 1 aliphatic carbocycles. The molecule has 24 heavy (non-hydrogen) atoms. The fraction of sp³-hybridized carbons (Fsp3) is 0.889. The summed E-state index contributed by atoms with van der Waals surface area (Å²) in [4.78, 5) is 27.4. The number of aliphatic carboxylic acids is 1. The van der Waals surface area contributed by atoms with Crippen LogP contribution < -0.4 is 5.32 Å². The molecule has 6 nitrogen and oxygen atoms in total. The monoisotopic (exact) mass is 339 g/mol. The Hall–Kier alpha value is -1.30. The van der Waals surface area contributed by atoms with Crippen molar-refractivity contribution in [3.8, 4) is 0 Å². The molecule has 3 atom stereocenters. The molecule has 0 spiro atoms. The van der Waals surface area contributed by atoms with Crippen molar-refractivity contribution in [1.82, 2.24) is 15.1 Å². The van der Waals surface area contributed by atoms with Crippen LogP contribution in [0.1, 0.15) is 52.9 Å². The maximum absolute atomic E-state index is 12.5. The lowest BCUT2D eigenvalue weighted by Gasteiger charge is -2.39. The number of carbonyl (C=O) groups excluding carboxylic acids is 1. The summed E-state index contributed by atoms with van der Waals surface area (Å²) in [5, 5.41) is 12.2. The van der Waals surface area contributed by atoms with E-state index in [1.807, 2.05) is 16.7 Å². The molecule has 2 amide bonds. The van der Waals surface area contributed by atoms with E-state index in [2.05, 4.69) is 19.2 Å². The van der Waals surface area contributed by atoms with Gasteiger partial charge >= 0.3 is 12.0 Å². The molecule has 2 rings (SSSR count). The third-order valence-corrected chi connectivity index (χ3v) is 6.03. The minimum atomic E-state index is -0.780. The third-order valence-electron chi connectivity index (χ3n) is 6.03. The highest BCUT2D eigenvalue weighted by Gasteiger charge is 2.31. The van der Waals surface area contributed by atoms with Crippen LogP contribution in [0.15, 0.2) is 0 Å². The van der Waals surface area contributed by atoms with Crippen molar-refractivity contribution in [2.45, 2.75) is 65.0 Å². The molecular formula is C18H33N3O3. The molecule has 3 unspecified atom stereocenters. The normalized spacial score (nSPS) is 28.8. The summed E-state index contributed by atoms with van der Waals surface area (Å²) in [7, 11) is 0. The van der Waals surface area contributed by atoms with E-state index in [0.717, 1.165) is 25.8 Å². The Morgan fingerprint density at radius 2 is 1.83 bits per heavy atom. The number of carbonyl (C=O) groups is 2. The van der Waals surface area contributed by atoms with Crippen molar-refractivity contribution in [3.05, 3.63) is 0 Å². The highest BCUT2D eigenvalue weighted by molar-refractivity contribution is 5.74. The number of urea groups is 1. The first kappa shape index (κ1) is 19.0. The van der Waals surface area contributed by atoms with Gasteiger partial charge in [-0.25, -0.2) is 4.79 Å². The summed E-state index contributed by atoms with van der Waals surface area (Å²) < 4.78 is 0. The molecule has 0 aromatic carbocycles. The first-order valence-corrected chi connectivity index (χ1v) is 9.43. The molecule has 0 aromatic rings. The van der Waals surface area contributed by atoms with Gasteiger partial charge in [0.25, 0.3) is 0 Å². The SMILES string of the molecule is CCN(CC(=O)O)C1CCN(C(=O)NC2CCCC(C)C2C)CC1. The Morgan fingerprint density at radius 3 is 2.42 bits per heavy atom. The predicted octanol–water partition coefficient (Wildman–Crippen LogP) is 2.39. The Labute approximate surface area is 145 Å². The topological polar surface area (TPSA) is 72.9 Å². The summed E-state index contributed by atoms with van der Waals surface area (Å²) in [6.07, 6.45) is 5.24. The molecule has 6 heteroatoms. The van der Waals surface area contributed by atoms with Crippen molar-refractivity contribution in [2.75, 3.05) is 26.2 Å². The van der Waals surface area contributed by atoms with E-state index in [1.54, 1.807) is 0 Å². The number of likely N-dealkylation sites (tertiary alicyclic amines) is 1. The zero-order valence-corrected chi connectivity index (χ0v) is 15.3. The average molecular weight is 339 g/mol. The zero-order chi connectivity index (χ0) is 17.7. The number of nitrogens with one attached hydrogen (secondary N) is 1. The Morgan fingerprint density at radius 1 is 1.17 bits per heavy atom. The number of hydrogen-bond acceptors (Lipinski definition) is 3. The maximum Gasteiger partial charge on any atom is 0.317 e. The zero-order valence-electron chi connectivity index (χ0n) is 15.3. The molecule has 2 fully saturated rings. The molecule has 1 saturated heterocycles. The van der Waals surface area contributed by atoms with Crippen molar-refractivity contribution in [3.63, 3.8) is 0 Å². The van der Waals surface area contributed by atoms with Crippen LogP contribution in [0.4, 0.5) is 4.79 Å². The van der Waals surface area contributed by atoms with Gasteiger partial charge in [0.2, 0.25) is 0 Å². The van der Waals surface area contributed by atoms with Gasteiger partial charge in [0.05, 0.1) is 6.54 Å². The number of hydrogen-bond donors (Lipinski definition) is 2. The number of rotatable bonds is 5. The first-order chi connectivity index (χ1) is 11.4. The van der Waals surface area contributed by atoms with E-state index >= 15 is 0 Å². The van der Waals surface area contributed by atoms with Crippen LogP contribution in [0.5, 0.6) is 0 Å². The van der Waals surface area contributed by atoms with Gasteiger partial charge in [-0.05, 0) is 37.6 Å². The predicted molar refractivity (Wildman–Crippen MR) is 94.0 cm³/mol. The van der Waals surface area contributed by atoms with Crippen molar-refractivity contribution < 1.29 is 14.7 Å². The van der Waals surface area contributed by atoms with E-state index in [-0.39, 0.29) is 24.7 Å². The Kier molecular flexibility index (Phi) is 6.90. The second-order valence-electron chi connectivity index (χ2n) is 7.50. The van der Waals surface area contributed by atoms with Gasteiger partial charge in [-0.15, -0.1) is 0 Å². The fourth-order valence-corrected chi connectivity index (χ4v) is 4.14. The van der Waals surface area contributed by atoms with Gasteiger partial charge < -0.3 is 15.3 Å². The van der Waals surface area contributed by atoms with Crippen LogP contribution in [0.3, 0.4) is 0 Å². The number of amides is 2. The maximum atomic E-state index is 12.5. The van der Waals surface area contributed by atoms with Gasteiger partial charge in [0.15, 0.2) is 0 Å². The largest absolute Gasteiger partial charge is 0.480 e. The molecular weight excluding hydrogens is 306 g/mol. The number of nitrogens with zero attached hydrogens (tertiary/aromatic N) is 2. The fourth-order valence-electron chi connectivity index (χ4n) is 4.14. The third kappa shape index (κ3) is 4.85. The lowest BCUT2D eigenvalue weighted by molar-refractivity contribution is -0.139. The molecule has 1 aliphatic heterocycles. The minimum absolute atomic E-state index is 0.0562. The quantitative estimate of drug-likeness (QED) is 0.807. The molecule has 2 N–H and O–H groups in total. The minimum Gasteiger partial charge on any atom is -0.480 e. The molecule has 138 valence electrons. The van der Waals surface area contributed by atoms with Crippen LogP contribution in [-0.4, -0.2) is 65.2 Å². The second-order valence-corrected chi connectivity index (χ2v) is 7.50. The molecule has 1 heterocycles. The van der Waals surface area contributed by atoms with Crippen LogP contribution in [-0.2, 0) is 4.79 Å². The number of carboxylic acids is 1. The summed E-state index contributed by atoms with van der Waals surface area (Å²) in [5.74, 6) is 0.424. The Bertz CT molecular complexity index is 435. The molecule has 0 radical (unpaired) electrons. The number of piperidine rings is 1. The average Bonchev–Trinajstić information content (AvgIpc) is 2.57. The summed E-state index contributed by atoms with van der Waals surface area (Å²) in [6.45, 7) is 8.76. The van der Waals surface area contributed by atoms with Crippen LogP contribution in [0, 0.1) is 11.8 Å². The lowest BCUT2D eigenvalue weighted by atomic mass is 9.78. The molecule has 1 saturated carbocycles. The van der Waals surface area contributed by atoms with Gasteiger partial charge in [0, 0.05) is 25.2 Å². The van der Waals surface area contributed by atoms with Gasteiger partial charge in [0.1, 0.15) is 0 Å². The van der Waals surface area contributed by atoms with Crippen LogP contribution in [0.25, 0.3) is 0 Å². The van der Waals surface area contributed by atoms with E-state index < -0.39 is 5.97 Å². The second kappa shape index (κ2) is 8.70. The highest BCUT2D eigenvalue weighted by Crippen LogP contribution is 2.29. The molecule has 0 bridgehead atoms. The van der Waals surface area contributed by atoms with Gasteiger partial charge in [-0.2, -0.15) is 0 Å². The van der Waals surface area contributed by atoms with Crippen molar-refractivity contribution in [2.24, 2.45) is 11.8 Å². The first-order valence-electron chi connectivity index (χ1n) is 9.43. The van der Waals surface area contributed by atoms with Gasteiger partial charge in [-0.1, -0.05) is 33.6 Å². The smallest absolute Gasteiger partial charge is 0.317 e. The summed E-state index contributed by atoms with van der Waals surface area (Å²) in [6, 6.07) is 0.614. The van der Waals surface area contributed by atoms with Crippen molar-refractivity contribution >= 4 is 12.0 Å². The summed E-state index contributed by atoms with van der Waals surface area (Å²) in [5.41, 5.74) is 0. The summed E-state index contributed by atoms with van der Waals surface area (Å²) >= 11 is 0. The Balaban J connectivity index is 1.81. The van der Waals surface area contributed by atoms with E-state index in [1.165, 1.54) is 12.8 Å². The lowest BCUT2D eigenvalue weighted by Crippen LogP contribution is -2.53. The standard InChI is InChI=1S/C18H33N3O3/c1-4-20(12-17(22)23)15-8-10-21(11-9-15)18(24)19-16-7-5-6-13(2)14(16)3/h13-16H,4-12H2,1-3H3,(H,19,24)(H,22,23). The van der Waals surface area contributed by atoms with E-state index in [9.17, 15) is 9.59 Å². The number of carboxylic acid groups (broad SMARTS) is 1.